The molecule has 0 bridgehead atoms. The van der Waals surface area contributed by atoms with E-state index in [0.717, 1.165) is 18.8 Å². The lowest BCUT2D eigenvalue weighted by atomic mass is 9.91. The van der Waals surface area contributed by atoms with Gasteiger partial charge in [-0.2, -0.15) is 0 Å². The zero-order valence-electron chi connectivity index (χ0n) is 8.08. The highest BCUT2D eigenvalue weighted by Gasteiger charge is 2.42. The number of rotatable bonds is 1. The third-order valence-corrected chi connectivity index (χ3v) is 3.31. The van der Waals surface area contributed by atoms with Crippen molar-refractivity contribution in [1.82, 2.24) is 0 Å². The molecule has 1 aliphatic carbocycles. The fourth-order valence-corrected chi connectivity index (χ4v) is 2.49. The summed E-state index contributed by atoms with van der Waals surface area (Å²) in [7, 11) is 0. The van der Waals surface area contributed by atoms with Gasteiger partial charge in [0.05, 0.1) is 12.7 Å². The van der Waals surface area contributed by atoms with Crippen molar-refractivity contribution < 1.29 is 9.53 Å². The first-order valence-corrected chi connectivity index (χ1v) is 5.11. The second-order valence-electron chi connectivity index (χ2n) is 4.26. The van der Waals surface area contributed by atoms with Gasteiger partial charge in [-0.25, -0.2) is 0 Å². The van der Waals surface area contributed by atoms with Gasteiger partial charge in [0.25, 0.3) is 0 Å². The van der Waals surface area contributed by atoms with E-state index in [4.69, 9.17) is 4.74 Å². The average Bonchev–Trinajstić information content (AvgIpc) is 2.48. The summed E-state index contributed by atoms with van der Waals surface area (Å²) in [6, 6.07) is 0. The maximum Gasteiger partial charge on any atom is 0.162 e. The van der Waals surface area contributed by atoms with Gasteiger partial charge in [0.2, 0.25) is 0 Å². The maximum absolute atomic E-state index is 11.3. The van der Waals surface area contributed by atoms with Gasteiger partial charge in [0.1, 0.15) is 5.60 Å². The van der Waals surface area contributed by atoms with E-state index in [0.29, 0.717) is 6.42 Å². The normalized spacial score (nSPS) is 38.2. The van der Waals surface area contributed by atoms with Crippen molar-refractivity contribution in [3.63, 3.8) is 0 Å². The minimum absolute atomic E-state index is 0.119. The molecule has 2 atom stereocenters. The topological polar surface area (TPSA) is 26.3 Å². The smallest absolute Gasteiger partial charge is 0.162 e. The number of carbonyl (C=O) groups is 1. The van der Waals surface area contributed by atoms with E-state index in [1.165, 1.54) is 12.8 Å². The van der Waals surface area contributed by atoms with Crippen molar-refractivity contribution in [2.45, 2.75) is 44.6 Å². The van der Waals surface area contributed by atoms with Gasteiger partial charge >= 0.3 is 0 Å². The molecular weight excluding hydrogens is 164 g/mol. The van der Waals surface area contributed by atoms with Crippen molar-refractivity contribution in [3.05, 3.63) is 12.3 Å². The maximum atomic E-state index is 11.3. The van der Waals surface area contributed by atoms with Crippen LogP contribution in [0.4, 0.5) is 0 Å². The molecule has 0 aromatic rings. The van der Waals surface area contributed by atoms with Crippen molar-refractivity contribution in [1.29, 1.82) is 0 Å². The van der Waals surface area contributed by atoms with Gasteiger partial charge in [0, 0.05) is 6.08 Å². The van der Waals surface area contributed by atoms with Crippen LogP contribution < -0.4 is 0 Å². The lowest BCUT2D eigenvalue weighted by Gasteiger charge is -2.30. The van der Waals surface area contributed by atoms with E-state index in [1.807, 2.05) is 0 Å². The Hall–Kier alpha value is -0.790. The van der Waals surface area contributed by atoms with Crippen LogP contribution in [0.25, 0.3) is 0 Å². The van der Waals surface area contributed by atoms with Crippen LogP contribution in [0.15, 0.2) is 12.3 Å². The average molecular weight is 180 g/mol. The molecule has 0 N–H and O–H groups in total. The first-order valence-electron chi connectivity index (χ1n) is 5.11. The quantitative estimate of drug-likeness (QED) is 0.619. The van der Waals surface area contributed by atoms with Crippen LogP contribution in [-0.2, 0) is 9.53 Å². The van der Waals surface area contributed by atoms with Gasteiger partial charge in [-0.1, -0.05) is 13.3 Å². The Morgan fingerprint density at radius 1 is 1.69 bits per heavy atom. The van der Waals surface area contributed by atoms with Crippen LogP contribution >= 0.6 is 0 Å². The molecule has 0 aromatic heterocycles. The van der Waals surface area contributed by atoms with Crippen LogP contribution in [0.2, 0.25) is 0 Å². The molecule has 2 rings (SSSR count). The van der Waals surface area contributed by atoms with E-state index in [-0.39, 0.29) is 11.4 Å². The van der Waals surface area contributed by atoms with Crippen LogP contribution in [-0.4, -0.2) is 11.4 Å². The standard InChI is InChI=1S/C11H16O2/c1-2-9-3-5-11(7-9)8-10(12)4-6-13-11/h4,6,9H,2-3,5,7-8H2,1H3. The molecule has 0 aromatic carbocycles. The zero-order valence-corrected chi connectivity index (χ0v) is 8.08. The molecule has 0 saturated heterocycles. The van der Waals surface area contributed by atoms with E-state index >= 15 is 0 Å². The second kappa shape index (κ2) is 3.17. The monoisotopic (exact) mass is 180 g/mol. The highest BCUT2D eigenvalue weighted by Crippen LogP contribution is 2.42. The summed E-state index contributed by atoms with van der Waals surface area (Å²) in [5, 5.41) is 0. The first kappa shape index (κ1) is 8.79. The summed E-state index contributed by atoms with van der Waals surface area (Å²) >= 11 is 0. The van der Waals surface area contributed by atoms with Crippen LogP contribution in [0, 0.1) is 5.92 Å². The van der Waals surface area contributed by atoms with Gasteiger partial charge in [-0.3, -0.25) is 4.79 Å². The number of carbonyl (C=O) groups excluding carboxylic acids is 1. The molecule has 0 radical (unpaired) electrons. The largest absolute Gasteiger partial charge is 0.494 e. The molecule has 72 valence electrons. The minimum Gasteiger partial charge on any atom is -0.494 e. The van der Waals surface area contributed by atoms with Crippen molar-refractivity contribution in [2.24, 2.45) is 5.92 Å². The third-order valence-electron chi connectivity index (χ3n) is 3.31. The van der Waals surface area contributed by atoms with Crippen molar-refractivity contribution >= 4 is 5.78 Å². The molecule has 2 unspecified atom stereocenters. The number of ketones is 1. The van der Waals surface area contributed by atoms with Crippen molar-refractivity contribution in [3.8, 4) is 0 Å². The summed E-state index contributed by atoms with van der Waals surface area (Å²) < 4.78 is 5.63. The van der Waals surface area contributed by atoms with E-state index in [2.05, 4.69) is 6.92 Å². The zero-order chi connectivity index (χ0) is 9.31. The molecule has 1 aliphatic heterocycles. The minimum atomic E-state index is -0.119. The Bertz CT molecular complexity index is 244. The van der Waals surface area contributed by atoms with Gasteiger partial charge in [0.15, 0.2) is 5.78 Å². The molecule has 1 heterocycles. The summed E-state index contributed by atoms with van der Waals surface area (Å²) in [6.07, 6.45) is 8.29. The highest BCUT2D eigenvalue weighted by molar-refractivity contribution is 5.90. The molecule has 1 saturated carbocycles. The van der Waals surface area contributed by atoms with E-state index in [9.17, 15) is 4.79 Å². The summed E-state index contributed by atoms with van der Waals surface area (Å²) in [6.45, 7) is 2.21. The molecule has 0 amide bonds. The van der Waals surface area contributed by atoms with Crippen LogP contribution in [0.5, 0.6) is 0 Å². The van der Waals surface area contributed by atoms with E-state index in [1.54, 1.807) is 12.3 Å². The molecule has 13 heavy (non-hydrogen) atoms. The number of allylic oxidation sites excluding steroid dienone is 1. The number of ether oxygens (including phenoxy) is 1. The van der Waals surface area contributed by atoms with Crippen LogP contribution in [0.3, 0.4) is 0 Å². The fraction of sp³-hybridized carbons (Fsp3) is 0.727. The van der Waals surface area contributed by atoms with Gasteiger partial charge in [-0.15, -0.1) is 0 Å². The van der Waals surface area contributed by atoms with Crippen molar-refractivity contribution in [2.75, 3.05) is 0 Å². The van der Waals surface area contributed by atoms with Crippen LogP contribution in [0.1, 0.15) is 39.0 Å². The Balaban J connectivity index is 2.07. The summed E-state index contributed by atoms with van der Waals surface area (Å²) in [5.74, 6) is 0.988. The summed E-state index contributed by atoms with van der Waals surface area (Å²) in [5.41, 5.74) is -0.119. The Morgan fingerprint density at radius 3 is 3.15 bits per heavy atom. The predicted molar refractivity (Wildman–Crippen MR) is 50.2 cm³/mol. The molecule has 2 aliphatic rings. The molecular formula is C11H16O2. The number of hydrogen-bond acceptors (Lipinski definition) is 2. The second-order valence-corrected chi connectivity index (χ2v) is 4.26. The molecule has 2 heteroatoms. The molecule has 1 spiro atoms. The lowest BCUT2D eigenvalue weighted by molar-refractivity contribution is -0.122. The Morgan fingerprint density at radius 2 is 2.54 bits per heavy atom. The lowest BCUT2D eigenvalue weighted by Crippen LogP contribution is -2.32. The Kier molecular flexibility index (Phi) is 2.14. The third kappa shape index (κ3) is 1.62. The Labute approximate surface area is 79.0 Å². The highest BCUT2D eigenvalue weighted by atomic mass is 16.5. The predicted octanol–water partition coefficient (Wildman–Crippen LogP) is 2.44. The number of hydrogen-bond donors (Lipinski definition) is 0. The molecule has 1 fully saturated rings. The van der Waals surface area contributed by atoms with E-state index < -0.39 is 0 Å². The fourth-order valence-electron chi connectivity index (χ4n) is 2.49. The summed E-state index contributed by atoms with van der Waals surface area (Å²) in [4.78, 5) is 11.3. The first-order chi connectivity index (χ1) is 6.24. The SMILES string of the molecule is CCC1CCC2(CC(=O)C=CO2)C1. The molecule has 2 nitrogen and oxygen atoms in total. The van der Waals surface area contributed by atoms with Gasteiger partial charge < -0.3 is 4.74 Å². The van der Waals surface area contributed by atoms with Gasteiger partial charge in [-0.05, 0) is 25.2 Å².